The maximum atomic E-state index is 5.17. The maximum Gasteiger partial charge on any atom is 0.150 e. The first-order valence-corrected chi connectivity index (χ1v) is 8.01. The first-order valence-electron chi connectivity index (χ1n) is 8.01. The Morgan fingerprint density at radius 1 is 1.00 bits per heavy atom. The Morgan fingerprint density at radius 3 is 2.40 bits per heavy atom. The molecule has 0 radical (unpaired) electrons. The summed E-state index contributed by atoms with van der Waals surface area (Å²) in [6.07, 6.45) is 0. The molecule has 0 atom stereocenters. The number of rotatable bonds is 5. The first-order chi connectivity index (χ1) is 12.2. The predicted octanol–water partition coefficient (Wildman–Crippen LogP) is 4.30. The molecule has 1 N–H and O–H groups in total. The molecule has 0 spiro atoms. The third-order valence-electron chi connectivity index (χ3n) is 3.75. The number of hydrogen-bond acceptors (Lipinski definition) is 5. The van der Waals surface area contributed by atoms with E-state index in [1.165, 1.54) is 0 Å². The maximum absolute atomic E-state index is 5.17. The lowest BCUT2D eigenvalue weighted by atomic mass is 10.1. The second kappa shape index (κ2) is 7.57. The highest BCUT2D eigenvalue weighted by molar-refractivity contribution is 5.99. The van der Waals surface area contributed by atoms with Gasteiger partial charge in [-0.15, -0.1) is 0 Å². The number of ether oxygens (including phenoxy) is 1. The highest BCUT2D eigenvalue weighted by Crippen LogP contribution is 2.19. The smallest absolute Gasteiger partial charge is 0.150 e. The average molecular weight is 332 g/mol. The summed E-state index contributed by atoms with van der Waals surface area (Å²) < 4.78 is 5.17. The van der Waals surface area contributed by atoms with E-state index in [2.05, 4.69) is 20.5 Å². The molecule has 1 aromatic heterocycles. The molecule has 25 heavy (non-hydrogen) atoms. The molecule has 3 rings (SSSR count). The molecule has 0 unspecified atom stereocenters. The summed E-state index contributed by atoms with van der Waals surface area (Å²) in [5, 5.41) is 4.43. The minimum Gasteiger partial charge on any atom is -0.497 e. The first kappa shape index (κ1) is 16.6. The van der Waals surface area contributed by atoms with Crippen LogP contribution in [0.4, 0.5) is 5.82 Å². The highest BCUT2D eigenvalue weighted by atomic mass is 16.5. The van der Waals surface area contributed by atoms with E-state index in [-0.39, 0.29) is 0 Å². The van der Waals surface area contributed by atoms with Crippen LogP contribution in [0.1, 0.15) is 18.3 Å². The third-order valence-corrected chi connectivity index (χ3v) is 3.75. The molecule has 3 aromatic rings. The summed E-state index contributed by atoms with van der Waals surface area (Å²) in [5.74, 6) is 2.18. The van der Waals surface area contributed by atoms with Crippen LogP contribution in [-0.2, 0) is 0 Å². The zero-order valence-corrected chi connectivity index (χ0v) is 14.5. The summed E-state index contributed by atoms with van der Waals surface area (Å²) in [4.78, 5) is 8.90. The van der Waals surface area contributed by atoms with Crippen molar-refractivity contribution in [2.45, 2.75) is 13.8 Å². The Bertz CT molecular complexity index is 874. The minimum atomic E-state index is 0.666. The van der Waals surface area contributed by atoms with Crippen LogP contribution in [0.2, 0.25) is 0 Å². The van der Waals surface area contributed by atoms with Gasteiger partial charge in [0, 0.05) is 11.6 Å². The van der Waals surface area contributed by atoms with Gasteiger partial charge in [-0.25, -0.2) is 9.97 Å². The van der Waals surface area contributed by atoms with Gasteiger partial charge >= 0.3 is 0 Å². The van der Waals surface area contributed by atoms with Gasteiger partial charge in [0.2, 0.25) is 0 Å². The molecular formula is C20H20N4O. The van der Waals surface area contributed by atoms with Crippen molar-refractivity contribution >= 4 is 11.5 Å². The molecule has 5 nitrogen and oxygen atoms in total. The second-order valence-corrected chi connectivity index (χ2v) is 5.59. The number of anilines is 1. The number of benzene rings is 2. The molecule has 5 heteroatoms. The fourth-order valence-electron chi connectivity index (χ4n) is 2.42. The van der Waals surface area contributed by atoms with Crippen LogP contribution in [0.3, 0.4) is 0 Å². The van der Waals surface area contributed by atoms with Gasteiger partial charge in [-0.2, -0.15) is 5.10 Å². The lowest BCUT2D eigenvalue weighted by molar-refractivity contribution is 0.415. The molecule has 0 amide bonds. The van der Waals surface area contributed by atoms with Crippen LogP contribution in [-0.4, -0.2) is 22.8 Å². The topological polar surface area (TPSA) is 59.4 Å². The van der Waals surface area contributed by atoms with Crippen molar-refractivity contribution in [3.63, 3.8) is 0 Å². The molecule has 0 saturated heterocycles. The van der Waals surface area contributed by atoms with Crippen molar-refractivity contribution < 1.29 is 4.74 Å². The van der Waals surface area contributed by atoms with Crippen LogP contribution in [0.5, 0.6) is 5.75 Å². The number of hydrogen-bond donors (Lipinski definition) is 1. The predicted molar refractivity (Wildman–Crippen MR) is 101 cm³/mol. The van der Waals surface area contributed by atoms with E-state index in [4.69, 9.17) is 4.74 Å². The van der Waals surface area contributed by atoms with E-state index in [1.54, 1.807) is 7.11 Å². The van der Waals surface area contributed by atoms with Crippen LogP contribution in [0.15, 0.2) is 65.8 Å². The molecule has 0 aliphatic heterocycles. The number of nitrogens with zero attached hydrogens (tertiary/aromatic N) is 3. The number of nitrogens with one attached hydrogen (secondary N) is 1. The van der Waals surface area contributed by atoms with Crippen LogP contribution in [0.25, 0.3) is 11.3 Å². The summed E-state index contributed by atoms with van der Waals surface area (Å²) >= 11 is 0. The fraction of sp³-hybridized carbons (Fsp3) is 0.150. The Labute approximate surface area is 147 Å². The van der Waals surface area contributed by atoms with Crippen molar-refractivity contribution in [1.29, 1.82) is 0 Å². The standard InChI is InChI=1S/C20H20N4O/c1-14(16-9-11-18(25-3)12-10-16)23-24-20-13-19(21-15(2)22-20)17-7-5-4-6-8-17/h4-13H,1-3H3,(H,21,22,24). The quantitative estimate of drug-likeness (QED) is 0.559. The Morgan fingerprint density at radius 2 is 1.72 bits per heavy atom. The molecule has 1 heterocycles. The van der Waals surface area contributed by atoms with Crippen molar-refractivity contribution in [1.82, 2.24) is 9.97 Å². The number of aromatic nitrogens is 2. The minimum absolute atomic E-state index is 0.666. The molecule has 0 aliphatic rings. The normalized spacial score (nSPS) is 11.2. The van der Waals surface area contributed by atoms with Gasteiger partial charge in [-0.3, -0.25) is 5.43 Å². The van der Waals surface area contributed by atoms with Gasteiger partial charge < -0.3 is 4.74 Å². The van der Waals surface area contributed by atoms with Crippen molar-refractivity contribution in [2.24, 2.45) is 5.10 Å². The highest BCUT2D eigenvalue weighted by Gasteiger charge is 2.04. The number of hydrazone groups is 1. The lowest BCUT2D eigenvalue weighted by Gasteiger charge is -2.07. The van der Waals surface area contributed by atoms with E-state index in [9.17, 15) is 0 Å². The van der Waals surface area contributed by atoms with Gasteiger partial charge in [-0.1, -0.05) is 30.3 Å². The summed E-state index contributed by atoms with van der Waals surface area (Å²) in [7, 11) is 1.65. The second-order valence-electron chi connectivity index (χ2n) is 5.59. The largest absolute Gasteiger partial charge is 0.497 e. The van der Waals surface area contributed by atoms with E-state index in [1.807, 2.05) is 74.5 Å². The number of methoxy groups -OCH3 is 1. The van der Waals surface area contributed by atoms with Crippen LogP contribution >= 0.6 is 0 Å². The van der Waals surface area contributed by atoms with E-state index in [0.29, 0.717) is 11.6 Å². The van der Waals surface area contributed by atoms with Gasteiger partial charge in [0.05, 0.1) is 18.5 Å². The third kappa shape index (κ3) is 4.20. The monoisotopic (exact) mass is 332 g/mol. The molecule has 0 saturated carbocycles. The molecule has 0 bridgehead atoms. The van der Waals surface area contributed by atoms with E-state index < -0.39 is 0 Å². The van der Waals surface area contributed by atoms with E-state index in [0.717, 1.165) is 28.3 Å². The van der Waals surface area contributed by atoms with Crippen LogP contribution in [0, 0.1) is 6.92 Å². The molecule has 0 aliphatic carbocycles. The zero-order chi connectivity index (χ0) is 17.6. The van der Waals surface area contributed by atoms with Gasteiger partial charge in [0.15, 0.2) is 0 Å². The fourth-order valence-corrected chi connectivity index (χ4v) is 2.42. The lowest BCUT2D eigenvalue weighted by Crippen LogP contribution is -2.03. The van der Waals surface area contributed by atoms with Gasteiger partial charge in [-0.05, 0) is 43.7 Å². The van der Waals surface area contributed by atoms with Crippen molar-refractivity contribution in [3.05, 3.63) is 72.1 Å². The van der Waals surface area contributed by atoms with Crippen molar-refractivity contribution in [2.75, 3.05) is 12.5 Å². The molecule has 2 aromatic carbocycles. The molecule has 126 valence electrons. The Balaban J connectivity index is 1.81. The summed E-state index contributed by atoms with van der Waals surface area (Å²) in [6, 6.07) is 19.7. The van der Waals surface area contributed by atoms with Gasteiger partial charge in [0.1, 0.15) is 17.4 Å². The van der Waals surface area contributed by atoms with Gasteiger partial charge in [0.25, 0.3) is 0 Å². The molecular weight excluding hydrogens is 312 g/mol. The Hall–Kier alpha value is -3.21. The zero-order valence-electron chi connectivity index (χ0n) is 14.5. The molecule has 0 fully saturated rings. The SMILES string of the molecule is COc1ccc(C(C)=NNc2cc(-c3ccccc3)nc(C)n2)cc1. The van der Waals surface area contributed by atoms with Crippen molar-refractivity contribution in [3.8, 4) is 17.0 Å². The number of aryl methyl sites for hydroxylation is 1. The Kier molecular flexibility index (Phi) is 5.04. The summed E-state index contributed by atoms with van der Waals surface area (Å²) in [5.41, 5.74) is 6.82. The average Bonchev–Trinajstić information content (AvgIpc) is 2.66. The summed E-state index contributed by atoms with van der Waals surface area (Å²) in [6.45, 7) is 3.82. The van der Waals surface area contributed by atoms with E-state index >= 15 is 0 Å². The van der Waals surface area contributed by atoms with Crippen LogP contribution < -0.4 is 10.2 Å².